The first-order valence-electron chi connectivity index (χ1n) is 9.57. The number of nitro groups is 1. The average Bonchev–Trinajstić information content (AvgIpc) is 3.36. The molecule has 3 aromatic rings. The average molecular weight is 563 g/mol. The summed E-state index contributed by atoms with van der Waals surface area (Å²) in [5.74, 6) is -0.674. The summed E-state index contributed by atoms with van der Waals surface area (Å²) < 4.78 is 6.34. The summed E-state index contributed by atoms with van der Waals surface area (Å²) in [6, 6.07) is 14.0. The Bertz CT molecular complexity index is 1370. The van der Waals surface area contributed by atoms with Crippen molar-refractivity contribution in [3.63, 3.8) is 0 Å². The van der Waals surface area contributed by atoms with Gasteiger partial charge in [-0.1, -0.05) is 23.7 Å². The highest BCUT2D eigenvalue weighted by atomic mass is 79.9. The molecule has 3 amide bonds. The maximum absolute atomic E-state index is 12.7. The van der Waals surface area contributed by atoms with E-state index in [0.29, 0.717) is 27.5 Å². The maximum atomic E-state index is 12.7. The zero-order valence-electron chi connectivity index (χ0n) is 17.0. The Morgan fingerprint density at radius 1 is 1.21 bits per heavy atom. The van der Waals surface area contributed by atoms with Gasteiger partial charge < -0.3 is 9.73 Å². The van der Waals surface area contributed by atoms with Crippen LogP contribution in [0.1, 0.15) is 5.76 Å². The minimum Gasteiger partial charge on any atom is -0.457 e. The van der Waals surface area contributed by atoms with Crippen LogP contribution in [0.2, 0.25) is 5.02 Å². The van der Waals surface area contributed by atoms with Crippen LogP contribution in [0.25, 0.3) is 17.4 Å². The standard InChI is InChI=1S/C22H13BrClN3O6S/c23-15-3-1-2-4-17(15)25-20(28)11-26-21(29)19(34-22(26)30)10-13-6-8-18(33-13)14-9-12(27(31)32)5-7-16(14)24/h1-10H,11H2,(H,25,28)/b19-10+. The van der Waals surface area contributed by atoms with E-state index in [0.717, 1.165) is 4.90 Å². The fourth-order valence-electron chi connectivity index (χ4n) is 3.05. The van der Waals surface area contributed by atoms with Gasteiger partial charge >= 0.3 is 0 Å². The van der Waals surface area contributed by atoms with Gasteiger partial charge in [0.15, 0.2) is 0 Å². The Hall–Kier alpha value is -3.41. The first kappa shape index (κ1) is 23.7. The van der Waals surface area contributed by atoms with Crippen molar-refractivity contribution in [3.05, 3.63) is 84.9 Å². The van der Waals surface area contributed by atoms with Gasteiger partial charge in [-0.05, 0) is 58.0 Å². The molecule has 2 heterocycles. The first-order valence-corrected chi connectivity index (χ1v) is 11.6. The van der Waals surface area contributed by atoms with Crippen LogP contribution >= 0.6 is 39.3 Å². The highest BCUT2D eigenvalue weighted by Gasteiger charge is 2.36. The van der Waals surface area contributed by atoms with Crippen molar-refractivity contribution in [2.45, 2.75) is 0 Å². The number of nitro benzene ring substituents is 1. The van der Waals surface area contributed by atoms with Crippen molar-refractivity contribution in [3.8, 4) is 11.3 Å². The third kappa shape index (κ3) is 5.06. The number of anilines is 1. The lowest BCUT2D eigenvalue weighted by atomic mass is 10.1. The third-order valence-corrected chi connectivity index (χ3v) is 6.58. The number of hydrogen-bond donors (Lipinski definition) is 1. The molecule has 9 nitrogen and oxygen atoms in total. The summed E-state index contributed by atoms with van der Waals surface area (Å²) in [4.78, 5) is 48.8. The number of amides is 3. The number of nitrogens with one attached hydrogen (secondary N) is 1. The second-order valence-corrected chi connectivity index (χ2v) is 9.17. The van der Waals surface area contributed by atoms with Crippen LogP contribution in [0, 0.1) is 10.1 Å². The number of furan rings is 1. The minimum absolute atomic E-state index is 0.0738. The Kier molecular flexibility index (Phi) is 6.87. The van der Waals surface area contributed by atoms with Gasteiger partial charge in [-0.3, -0.25) is 29.4 Å². The summed E-state index contributed by atoms with van der Waals surface area (Å²) in [6.07, 6.45) is 1.37. The minimum atomic E-state index is -0.636. The van der Waals surface area contributed by atoms with Gasteiger partial charge in [0.05, 0.1) is 20.5 Å². The Morgan fingerprint density at radius 3 is 2.71 bits per heavy atom. The largest absolute Gasteiger partial charge is 0.457 e. The molecular weight excluding hydrogens is 550 g/mol. The van der Waals surface area contributed by atoms with Crippen LogP contribution in [-0.4, -0.2) is 33.4 Å². The number of non-ortho nitro benzene ring substituents is 1. The van der Waals surface area contributed by atoms with E-state index in [4.69, 9.17) is 16.0 Å². The summed E-state index contributed by atoms with van der Waals surface area (Å²) in [6.45, 7) is -0.448. The fourth-order valence-corrected chi connectivity index (χ4v) is 4.47. The molecule has 0 saturated carbocycles. The van der Waals surface area contributed by atoms with Gasteiger partial charge in [0.25, 0.3) is 16.8 Å². The molecule has 0 spiro atoms. The zero-order valence-corrected chi connectivity index (χ0v) is 20.1. The number of carbonyl (C=O) groups is 3. The number of halogens is 2. The van der Waals surface area contributed by atoms with Crippen molar-refractivity contribution < 1.29 is 23.7 Å². The lowest BCUT2D eigenvalue weighted by Gasteiger charge is -2.13. The molecule has 0 unspecified atom stereocenters. The van der Waals surface area contributed by atoms with E-state index in [1.807, 2.05) is 0 Å². The van der Waals surface area contributed by atoms with Crippen molar-refractivity contribution in [2.24, 2.45) is 0 Å². The van der Waals surface area contributed by atoms with Crippen molar-refractivity contribution >= 4 is 73.8 Å². The summed E-state index contributed by atoms with van der Waals surface area (Å²) in [5.41, 5.74) is 0.671. The third-order valence-electron chi connectivity index (χ3n) is 4.65. The lowest BCUT2D eigenvalue weighted by Crippen LogP contribution is -2.36. The van der Waals surface area contributed by atoms with Crippen LogP contribution in [0.3, 0.4) is 0 Å². The Balaban J connectivity index is 1.49. The molecule has 1 N–H and O–H groups in total. The number of hydrogen-bond acceptors (Lipinski definition) is 7. The van der Waals surface area contributed by atoms with Gasteiger partial charge in [0.2, 0.25) is 5.91 Å². The normalized spacial score (nSPS) is 14.6. The number of rotatable bonds is 6. The molecular formula is C22H13BrClN3O6S. The Labute approximate surface area is 210 Å². The predicted octanol–water partition coefficient (Wildman–Crippen LogP) is 5.95. The SMILES string of the molecule is O=C(CN1C(=O)S/C(=C/c2ccc(-c3cc([N+](=O)[O-])ccc3Cl)o2)C1=O)Nc1ccccc1Br. The second-order valence-electron chi connectivity index (χ2n) is 6.92. The van der Waals surface area contributed by atoms with Crippen molar-refractivity contribution in [1.29, 1.82) is 0 Å². The lowest BCUT2D eigenvalue weighted by molar-refractivity contribution is -0.384. The zero-order chi connectivity index (χ0) is 24.4. The molecule has 1 aliphatic heterocycles. The molecule has 2 aromatic carbocycles. The van der Waals surface area contributed by atoms with E-state index in [9.17, 15) is 24.5 Å². The molecule has 172 valence electrons. The van der Waals surface area contributed by atoms with Crippen LogP contribution in [0.15, 0.2) is 68.4 Å². The van der Waals surface area contributed by atoms with Gasteiger partial charge in [-0.2, -0.15) is 0 Å². The van der Waals surface area contributed by atoms with Crippen LogP contribution < -0.4 is 5.32 Å². The summed E-state index contributed by atoms with van der Waals surface area (Å²) >= 11 is 10.1. The molecule has 1 fully saturated rings. The molecule has 4 rings (SSSR count). The molecule has 0 bridgehead atoms. The number of carbonyl (C=O) groups excluding carboxylic acids is 3. The van der Waals surface area contributed by atoms with E-state index < -0.39 is 28.5 Å². The number of benzene rings is 2. The van der Waals surface area contributed by atoms with Gasteiger partial charge in [-0.25, -0.2) is 0 Å². The number of nitrogens with zero attached hydrogens (tertiary/aromatic N) is 2. The van der Waals surface area contributed by atoms with Crippen molar-refractivity contribution in [2.75, 3.05) is 11.9 Å². The predicted molar refractivity (Wildman–Crippen MR) is 131 cm³/mol. The van der Waals surface area contributed by atoms with Gasteiger partial charge in [-0.15, -0.1) is 0 Å². The fraction of sp³-hybridized carbons (Fsp3) is 0.0455. The molecule has 12 heteroatoms. The summed E-state index contributed by atoms with van der Waals surface area (Å²) in [5, 5.41) is 13.3. The van der Waals surface area contributed by atoms with Crippen LogP contribution in [-0.2, 0) is 9.59 Å². The highest BCUT2D eigenvalue weighted by Crippen LogP contribution is 2.35. The first-order chi connectivity index (χ1) is 16.2. The van der Waals surface area contributed by atoms with Crippen LogP contribution in [0.4, 0.5) is 16.2 Å². The van der Waals surface area contributed by atoms with Gasteiger partial charge in [0.1, 0.15) is 18.1 Å². The monoisotopic (exact) mass is 561 g/mol. The number of imide groups is 1. The summed E-state index contributed by atoms with van der Waals surface area (Å²) in [7, 11) is 0. The molecule has 0 atom stereocenters. The highest BCUT2D eigenvalue weighted by molar-refractivity contribution is 9.10. The molecule has 1 saturated heterocycles. The molecule has 1 aromatic heterocycles. The van der Waals surface area contributed by atoms with Crippen LogP contribution in [0.5, 0.6) is 0 Å². The van der Waals surface area contributed by atoms with E-state index in [-0.39, 0.29) is 27.1 Å². The number of para-hydroxylation sites is 1. The van der Waals surface area contributed by atoms with E-state index >= 15 is 0 Å². The quantitative estimate of drug-likeness (QED) is 0.224. The second kappa shape index (κ2) is 9.84. The van der Waals surface area contributed by atoms with Gasteiger partial charge in [0, 0.05) is 28.2 Å². The van der Waals surface area contributed by atoms with E-state index in [2.05, 4.69) is 21.2 Å². The van der Waals surface area contributed by atoms with Crippen molar-refractivity contribution in [1.82, 2.24) is 4.90 Å². The topological polar surface area (TPSA) is 123 Å². The molecule has 0 radical (unpaired) electrons. The Morgan fingerprint density at radius 2 is 1.97 bits per heavy atom. The smallest absolute Gasteiger partial charge is 0.294 e. The molecule has 34 heavy (non-hydrogen) atoms. The molecule has 0 aliphatic carbocycles. The maximum Gasteiger partial charge on any atom is 0.294 e. The van der Waals surface area contributed by atoms with E-state index in [1.54, 1.807) is 30.3 Å². The number of thioether (sulfide) groups is 1. The molecule has 1 aliphatic rings. The van der Waals surface area contributed by atoms with E-state index in [1.165, 1.54) is 30.3 Å².